The van der Waals surface area contributed by atoms with Crippen molar-refractivity contribution in [2.75, 3.05) is 5.32 Å². The molecule has 0 aliphatic carbocycles. The SMILES string of the molecule is CC(=O)Nc1ccc(N=C(NC#N)Oc2ccccc2)cc1. The van der Waals surface area contributed by atoms with Gasteiger partial charge in [0.15, 0.2) is 6.19 Å². The molecule has 0 unspecified atom stereocenters. The van der Waals surface area contributed by atoms with Gasteiger partial charge in [-0.15, -0.1) is 0 Å². The van der Waals surface area contributed by atoms with Crippen molar-refractivity contribution in [3.63, 3.8) is 0 Å². The Hall–Kier alpha value is -3.33. The second-order valence-electron chi connectivity index (χ2n) is 4.30. The first-order valence-electron chi connectivity index (χ1n) is 6.52. The monoisotopic (exact) mass is 294 g/mol. The maximum absolute atomic E-state index is 11.0. The molecule has 0 fully saturated rings. The second kappa shape index (κ2) is 7.45. The number of amides is 1. The van der Waals surface area contributed by atoms with Crippen LogP contribution in [0.25, 0.3) is 0 Å². The Kier molecular flexibility index (Phi) is 5.10. The van der Waals surface area contributed by atoms with E-state index in [1.54, 1.807) is 42.6 Å². The number of ether oxygens (including phenoxy) is 1. The van der Waals surface area contributed by atoms with Crippen LogP contribution >= 0.6 is 0 Å². The molecule has 6 heteroatoms. The zero-order chi connectivity index (χ0) is 15.8. The predicted octanol–water partition coefficient (Wildman–Crippen LogP) is 2.78. The van der Waals surface area contributed by atoms with E-state index in [1.807, 2.05) is 18.2 Å². The topological polar surface area (TPSA) is 86.5 Å². The maximum atomic E-state index is 11.0. The maximum Gasteiger partial charge on any atom is 0.309 e. The van der Waals surface area contributed by atoms with Crippen LogP contribution in [-0.2, 0) is 4.79 Å². The van der Waals surface area contributed by atoms with Crippen LogP contribution in [0.5, 0.6) is 5.75 Å². The Morgan fingerprint density at radius 1 is 1.14 bits per heavy atom. The predicted molar refractivity (Wildman–Crippen MR) is 83.7 cm³/mol. The van der Waals surface area contributed by atoms with Gasteiger partial charge >= 0.3 is 6.02 Å². The van der Waals surface area contributed by atoms with Gasteiger partial charge in [0.2, 0.25) is 5.91 Å². The van der Waals surface area contributed by atoms with Crippen LogP contribution in [0.4, 0.5) is 11.4 Å². The second-order valence-corrected chi connectivity index (χ2v) is 4.30. The highest BCUT2D eigenvalue weighted by Gasteiger charge is 2.03. The summed E-state index contributed by atoms with van der Waals surface area (Å²) in [5.74, 6) is 0.425. The van der Waals surface area contributed by atoms with Crippen molar-refractivity contribution in [3.05, 3.63) is 54.6 Å². The fourth-order valence-electron chi connectivity index (χ4n) is 1.66. The molecule has 2 aromatic rings. The lowest BCUT2D eigenvalue weighted by atomic mass is 10.3. The van der Waals surface area contributed by atoms with Crippen molar-refractivity contribution in [1.29, 1.82) is 5.26 Å². The first-order valence-corrected chi connectivity index (χ1v) is 6.52. The number of nitrogens with one attached hydrogen (secondary N) is 2. The minimum Gasteiger partial charge on any atom is -0.425 e. The van der Waals surface area contributed by atoms with Gasteiger partial charge in [0.05, 0.1) is 5.69 Å². The van der Waals surface area contributed by atoms with Gasteiger partial charge in [-0.05, 0) is 36.4 Å². The molecule has 0 aliphatic heterocycles. The molecular formula is C16H14N4O2. The summed E-state index contributed by atoms with van der Waals surface area (Å²) < 4.78 is 5.50. The average molecular weight is 294 g/mol. The van der Waals surface area contributed by atoms with E-state index in [0.29, 0.717) is 17.1 Å². The summed E-state index contributed by atoms with van der Waals surface area (Å²) in [5, 5.41) is 13.8. The molecule has 0 heterocycles. The van der Waals surface area contributed by atoms with E-state index in [4.69, 9.17) is 10.00 Å². The molecule has 0 saturated heterocycles. The molecule has 2 aromatic carbocycles. The number of amidine groups is 1. The highest BCUT2D eigenvalue weighted by molar-refractivity contribution is 5.89. The molecule has 2 N–H and O–H groups in total. The fraction of sp³-hybridized carbons (Fsp3) is 0.0625. The van der Waals surface area contributed by atoms with Gasteiger partial charge in [0, 0.05) is 12.6 Å². The number of rotatable bonds is 3. The van der Waals surface area contributed by atoms with Crippen molar-refractivity contribution >= 4 is 23.3 Å². The molecule has 0 atom stereocenters. The van der Waals surface area contributed by atoms with E-state index in [-0.39, 0.29) is 11.9 Å². The summed E-state index contributed by atoms with van der Waals surface area (Å²) in [4.78, 5) is 15.2. The van der Waals surface area contributed by atoms with E-state index >= 15 is 0 Å². The van der Waals surface area contributed by atoms with E-state index < -0.39 is 0 Å². The van der Waals surface area contributed by atoms with Crippen LogP contribution in [0.2, 0.25) is 0 Å². The number of nitriles is 1. The van der Waals surface area contributed by atoms with E-state index in [2.05, 4.69) is 15.6 Å². The van der Waals surface area contributed by atoms with Crippen LogP contribution in [0, 0.1) is 11.5 Å². The number of carbonyl (C=O) groups is 1. The summed E-state index contributed by atoms with van der Waals surface area (Å²) in [5.41, 5.74) is 1.26. The Bertz CT molecular complexity index is 703. The number of aliphatic imine (C=N–C) groups is 1. The Morgan fingerprint density at radius 2 is 1.82 bits per heavy atom. The minimum absolute atomic E-state index is 0.0703. The lowest BCUT2D eigenvalue weighted by molar-refractivity contribution is -0.114. The molecule has 0 bridgehead atoms. The van der Waals surface area contributed by atoms with E-state index in [1.165, 1.54) is 6.92 Å². The zero-order valence-corrected chi connectivity index (χ0v) is 11.9. The number of hydrogen-bond donors (Lipinski definition) is 2. The molecule has 0 spiro atoms. The molecule has 110 valence electrons. The lowest BCUT2D eigenvalue weighted by Gasteiger charge is -2.07. The molecule has 22 heavy (non-hydrogen) atoms. The van der Waals surface area contributed by atoms with Gasteiger partial charge in [-0.1, -0.05) is 18.2 Å². The smallest absolute Gasteiger partial charge is 0.309 e. The molecule has 0 radical (unpaired) electrons. The molecule has 1 amide bonds. The van der Waals surface area contributed by atoms with Gasteiger partial charge in [-0.2, -0.15) is 10.3 Å². The number of carbonyl (C=O) groups excluding carboxylic acids is 1. The Labute approximate surface area is 128 Å². The number of nitrogens with zero attached hydrogens (tertiary/aromatic N) is 2. The van der Waals surface area contributed by atoms with Gasteiger partial charge in [-0.3, -0.25) is 4.79 Å². The molecule has 0 saturated carbocycles. The average Bonchev–Trinajstić information content (AvgIpc) is 2.50. The van der Waals surface area contributed by atoms with Crippen molar-refractivity contribution in [3.8, 4) is 11.9 Å². The van der Waals surface area contributed by atoms with Gasteiger partial charge in [0.1, 0.15) is 5.75 Å². The minimum atomic E-state index is -0.143. The molecule has 6 nitrogen and oxygen atoms in total. The summed E-state index contributed by atoms with van der Waals surface area (Å²) >= 11 is 0. The van der Waals surface area contributed by atoms with Crippen LogP contribution in [0.3, 0.4) is 0 Å². The number of hydrogen-bond acceptors (Lipinski definition) is 4. The van der Waals surface area contributed by atoms with Gasteiger partial charge < -0.3 is 10.1 Å². The summed E-state index contributed by atoms with van der Waals surface area (Å²) in [6.45, 7) is 1.44. The molecule has 0 aliphatic rings. The van der Waals surface area contributed by atoms with Crippen LogP contribution in [0.1, 0.15) is 6.92 Å². The highest BCUT2D eigenvalue weighted by atomic mass is 16.5. The number of benzene rings is 2. The van der Waals surface area contributed by atoms with Gasteiger partial charge in [0.25, 0.3) is 0 Å². The highest BCUT2D eigenvalue weighted by Crippen LogP contribution is 2.17. The van der Waals surface area contributed by atoms with E-state index in [0.717, 1.165) is 0 Å². The van der Waals surface area contributed by atoms with Crippen molar-refractivity contribution < 1.29 is 9.53 Å². The Morgan fingerprint density at radius 3 is 2.41 bits per heavy atom. The third-order valence-corrected chi connectivity index (χ3v) is 2.54. The van der Waals surface area contributed by atoms with Crippen LogP contribution in [-0.4, -0.2) is 11.9 Å². The largest absolute Gasteiger partial charge is 0.425 e. The van der Waals surface area contributed by atoms with E-state index in [9.17, 15) is 4.79 Å². The third kappa shape index (κ3) is 4.65. The number of para-hydroxylation sites is 1. The molecule has 2 rings (SSSR count). The Balaban J connectivity index is 2.15. The van der Waals surface area contributed by atoms with Crippen molar-refractivity contribution in [2.24, 2.45) is 4.99 Å². The quantitative estimate of drug-likeness (QED) is 0.394. The van der Waals surface area contributed by atoms with Crippen molar-refractivity contribution in [1.82, 2.24) is 5.32 Å². The normalized spacial score (nSPS) is 10.5. The lowest BCUT2D eigenvalue weighted by Crippen LogP contribution is -2.23. The fourth-order valence-corrected chi connectivity index (χ4v) is 1.66. The van der Waals surface area contributed by atoms with Crippen LogP contribution in [0.15, 0.2) is 59.6 Å². The zero-order valence-electron chi connectivity index (χ0n) is 11.9. The standard InChI is InChI=1S/C16H14N4O2/c1-12(21)19-13-7-9-14(10-8-13)20-16(18-11-17)22-15-5-3-2-4-6-15/h2-10H,1H3,(H,18,20)(H,19,21). The first kappa shape index (κ1) is 15.1. The number of anilines is 1. The summed E-state index contributed by atoms with van der Waals surface area (Å²) in [6, 6.07) is 15.9. The third-order valence-electron chi connectivity index (χ3n) is 2.54. The van der Waals surface area contributed by atoms with Crippen molar-refractivity contribution in [2.45, 2.75) is 6.92 Å². The molecule has 0 aromatic heterocycles. The molecular weight excluding hydrogens is 280 g/mol. The first-order chi connectivity index (χ1) is 10.7. The van der Waals surface area contributed by atoms with Gasteiger partial charge in [-0.25, -0.2) is 5.32 Å². The summed E-state index contributed by atoms with van der Waals surface area (Å²) in [7, 11) is 0. The summed E-state index contributed by atoms with van der Waals surface area (Å²) in [6.07, 6.45) is 1.78. The van der Waals surface area contributed by atoms with Crippen LogP contribution < -0.4 is 15.4 Å².